The lowest BCUT2D eigenvalue weighted by atomic mass is 10.0. The molecule has 0 saturated carbocycles. The lowest BCUT2D eigenvalue weighted by Crippen LogP contribution is -2.58. The van der Waals surface area contributed by atoms with Crippen LogP contribution in [0.5, 0.6) is 0 Å². The lowest BCUT2D eigenvalue weighted by Gasteiger charge is -2.37. The maximum Gasteiger partial charge on any atom is 0.310 e. The average molecular weight is 247 g/mol. The number of likely N-dealkylation sites (tertiary alicyclic amines) is 1. The quantitative estimate of drug-likeness (QED) is 0.473. The molecular weight excluding hydrogens is 230 g/mol. The molecule has 0 radical (unpaired) electrons. The van der Waals surface area contributed by atoms with Crippen LogP contribution in [0.15, 0.2) is 0 Å². The van der Waals surface area contributed by atoms with Crippen LogP contribution in [0.3, 0.4) is 0 Å². The number of ether oxygens (including phenoxy) is 1. The van der Waals surface area contributed by atoms with Crippen molar-refractivity contribution >= 4 is 11.9 Å². The lowest BCUT2D eigenvalue weighted by molar-refractivity contribution is -0.145. The van der Waals surface area contributed by atoms with Gasteiger partial charge in [0.1, 0.15) is 5.54 Å². The van der Waals surface area contributed by atoms with E-state index in [1.54, 1.807) is 0 Å². The normalized spacial score (nSPS) is 20.8. The Kier molecular flexibility index (Phi) is 4.44. The predicted octanol–water partition coefficient (Wildman–Crippen LogP) is -2.28. The molecule has 1 amide bonds. The van der Waals surface area contributed by atoms with E-state index in [2.05, 4.69) is 4.74 Å². The van der Waals surface area contributed by atoms with Crippen molar-refractivity contribution in [3.63, 3.8) is 0 Å². The molecule has 0 bridgehead atoms. The zero-order valence-electron chi connectivity index (χ0n) is 9.63. The molecule has 0 aromatic rings. The molecule has 1 saturated heterocycles. The monoisotopic (exact) mass is 247 g/mol. The minimum absolute atomic E-state index is 0.0333. The van der Waals surface area contributed by atoms with Crippen LogP contribution in [-0.4, -0.2) is 71.1 Å². The van der Waals surface area contributed by atoms with Crippen LogP contribution in [-0.2, 0) is 14.3 Å². The summed E-state index contributed by atoms with van der Waals surface area (Å²) in [5.41, 5.74) is -1.42. The van der Waals surface area contributed by atoms with Crippen molar-refractivity contribution in [2.75, 3.05) is 33.5 Å². The molecule has 1 atom stereocenters. The molecule has 0 spiro atoms. The Morgan fingerprint density at radius 2 is 1.94 bits per heavy atom. The minimum atomic E-state index is -1.42. The number of aliphatic hydroxyl groups is 3. The zero-order valence-corrected chi connectivity index (χ0v) is 9.63. The minimum Gasteiger partial charge on any atom is -0.469 e. The Hall–Kier alpha value is -1.18. The number of carbonyl (C=O) groups excluding carboxylic acids is 2. The molecule has 1 fully saturated rings. The first-order valence-electron chi connectivity index (χ1n) is 5.25. The van der Waals surface area contributed by atoms with Crippen molar-refractivity contribution in [2.45, 2.75) is 12.0 Å². The molecule has 1 heterocycles. The van der Waals surface area contributed by atoms with Crippen molar-refractivity contribution in [2.24, 2.45) is 5.92 Å². The van der Waals surface area contributed by atoms with E-state index in [4.69, 9.17) is 0 Å². The van der Waals surface area contributed by atoms with Crippen LogP contribution in [0.25, 0.3) is 0 Å². The Morgan fingerprint density at radius 3 is 2.35 bits per heavy atom. The predicted molar refractivity (Wildman–Crippen MR) is 55.8 cm³/mol. The maximum absolute atomic E-state index is 11.7. The van der Waals surface area contributed by atoms with Crippen LogP contribution >= 0.6 is 0 Å². The van der Waals surface area contributed by atoms with Gasteiger partial charge < -0.3 is 25.0 Å². The number of rotatable bonds is 5. The average Bonchev–Trinajstić information content (AvgIpc) is 2.74. The van der Waals surface area contributed by atoms with E-state index in [9.17, 15) is 24.9 Å². The second-order valence-corrected chi connectivity index (χ2v) is 4.13. The van der Waals surface area contributed by atoms with Crippen molar-refractivity contribution in [1.29, 1.82) is 0 Å². The highest BCUT2D eigenvalue weighted by molar-refractivity contribution is 5.87. The molecule has 17 heavy (non-hydrogen) atoms. The van der Waals surface area contributed by atoms with Gasteiger partial charge in [-0.15, -0.1) is 0 Å². The molecule has 7 nitrogen and oxygen atoms in total. The molecule has 0 aromatic carbocycles. The summed E-state index contributed by atoms with van der Waals surface area (Å²) >= 11 is 0. The summed E-state index contributed by atoms with van der Waals surface area (Å²) in [5, 5.41) is 27.6. The van der Waals surface area contributed by atoms with Crippen molar-refractivity contribution in [1.82, 2.24) is 4.90 Å². The number of aliphatic hydroxyl groups excluding tert-OH is 3. The number of amides is 1. The van der Waals surface area contributed by atoms with Gasteiger partial charge in [0, 0.05) is 13.0 Å². The number of hydrogen-bond donors (Lipinski definition) is 3. The second-order valence-electron chi connectivity index (χ2n) is 4.13. The van der Waals surface area contributed by atoms with Crippen molar-refractivity contribution < 1.29 is 29.6 Å². The van der Waals surface area contributed by atoms with Gasteiger partial charge >= 0.3 is 5.97 Å². The largest absolute Gasteiger partial charge is 0.469 e. The fourth-order valence-corrected chi connectivity index (χ4v) is 1.90. The molecule has 7 heteroatoms. The standard InChI is InChI=1S/C10H17NO6/c1-17-9(16)7-2-8(15)11(3-7)10(4-12,5-13)6-14/h7,12-14H,2-6H2,1H3. The van der Waals surface area contributed by atoms with Gasteiger partial charge in [0.25, 0.3) is 0 Å². The Morgan fingerprint density at radius 1 is 1.41 bits per heavy atom. The molecule has 0 aliphatic carbocycles. The summed E-state index contributed by atoms with van der Waals surface area (Å²) in [7, 11) is 1.23. The fourth-order valence-electron chi connectivity index (χ4n) is 1.90. The molecule has 1 aliphatic rings. The third-order valence-corrected chi connectivity index (χ3v) is 3.12. The second kappa shape index (κ2) is 5.44. The van der Waals surface area contributed by atoms with E-state index in [0.29, 0.717) is 0 Å². The topological polar surface area (TPSA) is 107 Å². The fraction of sp³-hybridized carbons (Fsp3) is 0.800. The van der Waals surface area contributed by atoms with Gasteiger partial charge in [0.15, 0.2) is 0 Å². The van der Waals surface area contributed by atoms with Crippen LogP contribution in [0.1, 0.15) is 6.42 Å². The Bertz CT molecular complexity index is 293. The molecular formula is C10H17NO6. The molecule has 98 valence electrons. The smallest absolute Gasteiger partial charge is 0.310 e. The molecule has 1 aliphatic heterocycles. The summed E-state index contributed by atoms with van der Waals surface area (Å²) in [6.07, 6.45) is -0.0333. The number of hydrogen-bond acceptors (Lipinski definition) is 6. The number of methoxy groups -OCH3 is 1. The van der Waals surface area contributed by atoms with Crippen LogP contribution < -0.4 is 0 Å². The maximum atomic E-state index is 11.7. The van der Waals surface area contributed by atoms with Gasteiger partial charge in [0.2, 0.25) is 5.91 Å². The SMILES string of the molecule is COC(=O)C1CC(=O)N(C(CO)(CO)CO)C1. The van der Waals surface area contributed by atoms with E-state index in [1.165, 1.54) is 7.11 Å². The van der Waals surface area contributed by atoms with Crippen LogP contribution in [0.4, 0.5) is 0 Å². The summed E-state index contributed by atoms with van der Waals surface area (Å²) in [6, 6.07) is 0. The van der Waals surface area contributed by atoms with Gasteiger partial charge in [0.05, 0.1) is 32.8 Å². The van der Waals surface area contributed by atoms with Gasteiger partial charge in [-0.3, -0.25) is 9.59 Å². The van der Waals surface area contributed by atoms with E-state index in [-0.39, 0.29) is 13.0 Å². The van der Waals surface area contributed by atoms with Gasteiger partial charge in [-0.1, -0.05) is 0 Å². The van der Waals surface area contributed by atoms with Crippen molar-refractivity contribution in [3.05, 3.63) is 0 Å². The first-order valence-corrected chi connectivity index (χ1v) is 5.25. The summed E-state index contributed by atoms with van der Waals surface area (Å²) in [5.74, 6) is -1.52. The Balaban J connectivity index is 2.85. The van der Waals surface area contributed by atoms with Gasteiger partial charge in [-0.2, -0.15) is 0 Å². The zero-order chi connectivity index (χ0) is 13.1. The highest BCUT2D eigenvalue weighted by Gasteiger charge is 2.46. The van der Waals surface area contributed by atoms with E-state index >= 15 is 0 Å². The summed E-state index contributed by atoms with van der Waals surface area (Å²) in [4.78, 5) is 24.2. The summed E-state index contributed by atoms with van der Waals surface area (Å²) in [6.45, 7) is -1.67. The van der Waals surface area contributed by atoms with Crippen LogP contribution in [0.2, 0.25) is 0 Å². The van der Waals surface area contributed by atoms with Crippen molar-refractivity contribution in [3.8, 4) is 0 Å². The number of carbonyl (C=O) groups is 2. The Labute approximate surface area is 98.6 Å². The molecule has 1 unspecified atom stereocenters. The highest BCUT2D eigenvalue weighted by Crippen LogP contribution is 2.26. The van der Waals surface area contributed by atoms with Gasteiger partial charge in [-0.05, 0) is 0 Å². The third-order valence-electron chi connectivity index (χ3n) is 3.12. The highest BCUT2D eigenvalue weighted by atomic mass is 16.5. The first-order chi connectivity index (χ1) is 8.04. The van der Waals surface area contributed by atoms with E-state index in [0.717, 1.165) is 4.90 Å². The third kappa shape index (κ3) is 2.41. The van der Waals surface area contributed by atoms with Crippen LogP contribution in [0, 0.1) is 5.92 Å². The first kappa shape index (κ1) is 13.9. The van der Waals surface area contributed by atoms with E-state index in [1.807, 2.05) is 0 Å². The summed E-state index contributed by atoms with van der Waals surface area (Å²) < 4.78 is 4.54. The van der Waals surface area contributed by atoms with E-state index < -0.39 is 43.2 Å². The molecule has 3 N–H and O–H groups in total. The number of nitrogens with zero attached hydrogens (tertiary/aromatic N) is 1. The molecule has 0 aromatic heterocycles. The number of esters is 1. The van der Waals surface area contributed by atoms with Gasteiger partial charge in [-0.25, -0.2) is 0 Å². The molecule has 1 rings (SSSR count).